The van der Waals surface area contributed by atoms with Gasteiger partial charge in [-0.2, -0.15) is 0 Å². The summed E-state index contributed by atoms with van der Waals surface area (Å²) in [5.74, 6) is -1.79. The maximum atomic E-state index is 14.0. The zero-order chi connectivity index (χ0) is 17.7. The molecule has 2 aromatic carbocycles. The highest BCUT2D eigenvalue weighted by Crippen LogP contribution is 2.45. The van der Waals surface area contributed by atoms with E-state index in [9.17, 15) is 14.3 Å². The Morgan fingerprint density at radius 3 is 2.46 bits per heavy atom. The molecule has 1 atom stereocenters. The Morgan fingerprint density at radius 1 is 1.21 bits per heavy atom. The molecule has 3 rings (SSSR count). The predicted molar refractivity (Wildman–Crippen MR) is 90.8 cm³/mol. The molecular formula is C19H17ClFNO2. The van der Waals surface area contributed by atoms with E-state index >= 15 is 0 Å². The van der Waals surface area contributed by atoms with Crippen LogP contribution in [0.2, 0.25) is 5.02 Å². The largest absolute Gasteiger partial charge is 0.479 e. The van der Waals surface area contributed by atoms with Gasteiger partial charge in [-0.3, -0.25) is 4.99 Å². The molecule has 0 saturated heterocycles. The number of para-hydroxylation sites is 1. The van der Waals surface area contributed by atoms with Crippen molar-refractivity contribution in [2.24, 2.45) is 10.4 Å². The highest BCUT2D eigenvalue weighted by atomic mass is 35.5. The number of carbonyl (C=O) groups is 1. The molecule has 0 spiro atoms. The van der Waals surface area contributed by atoms with Crippen molar-refractivity contribution in [3.05, 3.63) is 69.4 Å². The summed E-state index contributed by atoms with van der Waals surface area (Å²) in [6.45, 7) is 5.80. The molecule has 0 bridgehead atoms. The molecule has 1 unspecified atom stereocenters. The van der Waals surface area contributed by atoms with E-state index in [-0.39, 0.29) is 10.6 Å². The zero-order valence-electron chi connectivity index (χ0n) is 13.6. The van der Waals surface area contributed by atoms with Gasteiger partial charge in [0.25, 0.3) is 0 Å². The van der Waals surface area contributed by atoms with Crippen molar-refractivity contribution in [3.63, 3.8) is 0 Å². The minimum absolute atomic E-state index is 0.0490. The van der Waals surface area contributed by atoms with Crippen molar-refractivity contribution in [3.8, 4) is 0 Å². The summed E-state index contributed by atoms with van der Waals surface area (Å²) in [6.07, 6.45) is 0. The van der Waals surface area contributed by atoms with Crippen molar-refractivity contribution >= 4 is 23.1 Å². The number of fused-ring (bicyclic) bond motifs is 1. The molecule has 0 saturated carbocycles. The van der Waals surface area contributed by atoms with Crippen LogP contribution in [0.4, 0.5) is 4.39 Å². The topological polar surface area (TPSA) is 49.7 Å². The van der Waals surface area contributed by atoms with Gasteiger partial charge in [-0.1, -0.05) is 56.6 Å². The molecule has 1 aliphatic rings. The van der Waals surface area contributed by atoms with Gasteiger partial charge in [-0.15, -0.1) is 0 Å². The summed E-state index contributed by atoms with van der Waals surface area (Å²) in [6, 6.07) is 11.4. The molecule has 0 aromatic heterocycles. The number of carboxylic acid groups (broad SMARTS) is 1. The fraction of sp³-hybridized carbons (Fsp3) is 0.263. The summed E-state index contributed by atoms with van der Waals surface area (Å²) < 4.78 is 14.0. The smallest absolute Gasteiger partial charge is 0.340 e. The van der Waals surface area contributed by atoms with Gasteiger partial charge in [0.1, 0.15) is 5.82 Å². The number of benzene rings is 2. The van der Waals surface area contributed by atoms with Crippen LogP contribution in [0.5, 0.6) is 0 Å². The molecule has 0 radical (unpaired) electrons. The first-order valence-electron chi connectivity index (χ1n) is 7.57. The highest BCUT2D eigenvalue weighted by Gasteiger charge is 2.50. The van der Waals surface area contributed by atoms with Gasteiger partial charge >= 0.3 is 5.97 Å². The van der Waals surface area contributed by atoms with Crippen LogP contribution in [0.15, 0.2) is 47.5 Å². The third-order valence-electron chi connectivity index (χ3n) is 4.22. The third-order valence-corrected chi connectivity index (χ3v) is 4.53. The van der Waals surface area contributed by atoms with E-state index in [1.165, 1.54) is 12.1 Å². The lowest BCUT2D eigenvalue weighted by Gasteiger charge is -2.34. The Bertz CT molecular complexity index is 962. The SMILES string of the molecule is CC(C)(C)C1=c2ccccc2=NC1(C(=O)O)c1ccc(Cl)c(F)c1. The molecule has 24 heavy (non-hydrogen) atoms. The normalized spacial score (nSPS) is 19.8. The molecule has 2 aromatic rings. The van der Waals surface area contributed by atoms with E-state index < -0.39 is 22.7 Å². The lowest BCUT2D eigenvalue weighted by Crippen LogP contribution is -2.40. The molecular weight excluding hydrogens is 329 g/mol. The third kappa shape index (κ3) is 2.33. The molecule has 3 nitrogen and oxygen atoms in total. The molecule has 0 aliphatic carbocycles. The number of nitrogens with zero attached hydrogens (tertiary/aromatic N) is 1. The fourth-order valence-electron chi connectivity index (χ4n) is 3.37. The summed E-state index contributed by atoms with van der Waals surface area (Å²) in [5.41, 5.74) is -1.24. The van der Waals surface area contributed by atoms with Crippen molar-refractivity contribution in [2.45, 2.75) is 26.3 Å². The molecule has 124 valence electrons. The van der Waals surface area contributed by atoms with Crippen LogP contribution in [0.25, 0.3) is 5.57 Å². The van der Waals surface area contributed by atoms with E-state index in [0.29, 0.717) is 10.9 Å². The second-order valence-corrected chi connectivity index (χ2v) is 7.31. The Labute approximate surface area is 144 Å². The van der Waals surface area contributed by atoms with E-state index in [1.54, 1.807) is 6.07 Å². The van der Waals surface area contributed by atoms with E-state index in [0.717, 1.165) is 11.3 Å². The van der Waals surface area contributed by atoms with Crippen molar-refractivity contribution < 1.29 is 14.3 Å². The number of carboxylic acids is 1. The summed E-state index contributed by atoms with van der Waals surface area (Å²) in [7, 11) is 0. The number of hydrogen-bond acceptors (Lipinski definition) is 2. The van der Waals surface area contributed by atoms with Crippen LogP contribution in [0.3, 0.4) is 0 Å². The Morgan fingerprint density at radius 2 is 1.88 bits per heavy atom. The highest BCUT2D eigenvalue weighted by molar-refractivity contribution is 6.30. The van der Waals surface area contributed by atoms with Crippen molar-refractivity contribution in [2.75, 3.05) is 0 Å². The Hall–Kier alpha value is -2.20. The maximum absolute atomic E-state index is 14.0. The van der Waals surface area contributed by atoms with Crippen LogP contribution in [-0.4, -0.2) is 11.1 Å². The van der Waals surface area contributed by atoms with Gasteiger partial charge in [0.15, 0.2) is 0 Å². The molecule has 1 N–H and O–H groups in total. The Balaban J connectivity index is 2.46. The number of aliphatic carboxylic acids is 1. The minimum Gasteiger partial charge on any atom is -0.479 e. The lowest BCUT2D eigenvalue weighted by molar-refractivity contribution is -0.141. The monoisotopic (exact) mass is 345 g/mol. The maximum Gasteiger partial charge on any atom is 0.340 e. The lowest BCUT2D eigenvalue weighted by atomic mass is 9.71. The fourth-order valence-corrected chi connectivity index (χ4v) is 3.49. The van der Waals surface area contributed by atoms with E-state index in [1.807, 2.05) is 39.0 Å². The second-order valence-electron chi connectivity index (χ2n) is 6.90. The average Bonchev–Trinajstić information content (AvgIpc) is 2.86. The second kappa shape index (κ2) is 5.42. The summed E-state index contributed by atoms with van der Waals surface area (Å²) in [4.78, 5) is 16.9. The van der Waals surface area contributed by atoms with Gasteiger partial charge in [-0.25, -0.2) is 9.18 Å². The average molecular weight is 346 g/mol. The Kier molecular flexibility index (Phi) is 3.76. The van der Waals surface area contributed by atoms with Crippen molar-refractivity contribution in [1.29, 1.82) is 0 Å². The van der Waals surface area contributed by atoms with Crippen LogP contribution in [0.1, 0.15) is 26.3 Å². The number of rotatable bonds is 2. The summed E-state index contributed by atoms with van der Waals surface area (Å²) >= 11 is 5.77. The van der Waals surface area contributed by atoms with Crippen LogP contribution < -0.4 is 10.6 Å². The quantitative estimate of drug-likeness (QED) is 0.908. The molecule has 5 heteroatoms. The first-order chi connectivity index (χ1) is 11.2. The standard InChI is InChI=1S/C19H17ClFNO2/c1-18(2,3)16-12-6-4-5-7-15(12)22-19(16,17(23)24)11-8-9-13(20)14(21)10-11/h4-10H,1-3H3,(H,23,24). The first kappa shape index (κ1) is 16.7. The predicted octanol–water partition coefficient (Wildman–Crippen LogP) is 3.29. The van der Waals surface area contributed by atoms with E-state index in [2.05, 4.69) is 4.99 Å². The van der Waals surface area contributed by atoms with Crippen molar-refractivity contribution in [1.82, 2.24) is 0 Å². The van der Waals surface area contributed by atoms with Gasteiger partial charge < -0.3 is 5.11 Å². The number of halogens is 2. The first-order valence-corrected chi connectivity index (χ1v) is 7.95. The van der Waals surface area contributed by atoms with Crippen LogP contribution >= 0.6 is 11.6 Å². The van der Waals surface area contributed by atoms with Gasteiger partial charge in [-0.05, 0) is 34.8 Å². The number of hydrogen-bond donors (Lipinski definition) is 1. The molecule has 0 fully saturated rings. The van der Waals surface area contributed by atoms with Gasteiger partial charge in [0, 0.05) is 5.22 Å². The van der Waals surface area contributed by atoms with Crippen LogP contribution in [-0.2, 0) is 10.3 Å². The van der Waals surface area contributed by atoms with Gasteiger partial charge in [0.2, 0.25) is 5.54 Å². The molecule has 1 aliphatic heterocycles. The minimum atomic E-state index is -1.66. The molecule has 0 amide bonds. The van der Waals surface area contributed by atoms with Crippen LogP contribution in [0, 0.1) is 11.2 Å². The van der Waals surface area contributed by atoms with E-state index in [4.69, 9.17) is 11.6 Å². The van der Waals surface area contributed by atoms with Gasteiger partial charge in [0.05, 0.1) is 10.4 Å². The summed E-state index contributed by atoms with van der Waals surface area (Å²) in [5, 5.41) is 11.4. The zero-order valence-corrected chi connectivity index (χ0v) is 14.4. The molecule has 1 heterocycles.